The van der Waals surface area contributed by atoms with Crippen LogP contribution in [0.25, 0.3) is 0 Å². The first-order valence-electron chi connectivity index (χ1n) is 6.71. The van der Waals surface area contributed by atoms with E-state index in [1.54, 1.807) is 0 Å². The van der Waals surface area contributed by atoms with Crippen molar-refractivity contribution in [3.05, 3.63) is 22.9 Å². The van der Waals surface area contributed by atoms with Crippen LogP contribution in [-0.4, -0.2) is 11.1 Å². The van der Waals surface area contributed by atoms with Crippen LogP contribution in [0.15, 0.2) is 6.07 Å². The van der Waals surface area contributed by atoms with E-state index in [1.165, 1.54) is 18.4 Å². The molecular formula is C15H20N2O. The van der Waals surface area contributed by atoms with Crippen molar-refractivity contribution in [2.45, 2.75) is 52.6 Å². The molecule has 1 aromatic heterocycles. The molecule has 2 rings (SSSR count). The molecule has 3 nitrogen and oxygen atoms in total. The third kappa shape index (κ3) is 2.64. The van der Waals surface area contributed by atoms with Crippen LogP contribution in [0.5, 0.6) is 5.88 Å². The summed E-state index contributed by atoms with van der Waals surface area (Å²) >= 11 is 0. The average Bonchev–Trinajstić information content (AvgIpc) is 2.37. The monoisotopic (exact) mass is 244 g/mol. The smallest absolute Gasteiger partial charge is 0.232 e. The minimum Gasteiger partial charge on any atom is -0.473 e. The van der Waals surface area contributed by atoms with Crippen molar-refractivity contribution in [2.24, 2.45) is 5.92 Å². The maximum atomic E-state index is 9.20. The second kappa shape index (κ2) is 5.39. The van der Waals surface area contributed by atoms with Crippen LogP contribution in [0, 0.1) is 17.2 Å². The molecule has 0 aromatic carbocycles. The highest BCUT2D eigenvalue weighted by Crippen LogP contribution is 2.26. The van der Waals surface area contributed by atoms with Crippen LogP contribution in [0.4, 0.5) is 0 Å². The molecule has 96 valence electrons. The lowest BCUT2D eigenvalue weighted by atomic mass is 9.95. The largest absolute Gasteiger partial charge is 0.473 e. The van der Waals surface area contributed by atoms with E-state index in [0.717, 1.165) is 18.5 Å². The average molecular weight is 244 g/mol. The highest BCUT2D eigenvalue weighted by atomic mass is 16.5. The zero-order chi connectivity index (χ0) is 13.1. The third-order valence-electron chi connectivity index (χ3n) is 3.62. The fraction of sp³-hybridized carbons (Fsp3) is 0.600. The molecule has 1 atom stereocenters. The molecule has 1 aliphatic rings. The predicted octanol–water partition coefficient (Wildman–Crippen LogP) is 3.26. The first kappa shape index (κ1) is 12.9. The standard InChI is InChI=1S/C15H20N2O/c1-10(2)11(3)18-15-13(9-16)8-12-6-4-5-7-14(12)17-15/h8,10-11H,4-7H2,1-3H3. The van der Waals surface area contributed by atoms with E-state index < -0.39 is 0 Å². The van der Waals surface area contributed by atoms with E-state index in [9.17, 15) is 5.26 Å². The Labute approximate surface area is 109 Å². The molecule has 0 saturated carbocycles. The number of fused-ring (bicyclic) bond motifs is 1. The van der Waals surface area contributed by atoms with E-state index in [1.807, 2.05) is 13.0 Å². The second-order valence-corrected chi connectivity index (χ2v) is 5.33. The summed E-state index contributed by atoms with van der Waals surface area (Å²) in [5, 5.41) is 9.20. The van der Waals surface area contributed by atoms with E-state index in [2.05, 4.69) is 24.9 Å². The molecular weight excluding hydrogens is 224 g/mol. The molecule has 1 heterocycles. The van der Waals surface area contributed by atoms with Gasteiger partial charge in [0, 0.05) is 5.69 Å². The molecule has 0 spiro atoms. The van der Waals surface area contributed by atoms with Gasteiger partial charge in [0.05, 0.1) is 6.10 Å². The van der Waals surface area contributed by atoms with Crippen molar-refractivity contribution in [1.82, 2.24) is 4.98 Å². The van der Waals surface area contributed by atoms with Crippen molar-refractivity contribution in [3.63, 3.8) is 0 Å². The molecule has 0 saturated heterocycles. The maximum absolute atomic E-state index is 9.20. The van der Waals surface area contributed by atoms with Crippen molar-refractivity contribution in [1.29, 1.82) is 5.26 Å². The van der Waals surface area contributed by atoms with Gasteiger partial charge in [-0.25, -0.2) is 4.98 Å². The lowest BCUT2D eigenvalue weighted by Crippen LogP contribution is -2.20. The van der Waals surface area contributed by atoms with E-state index in [4.69, 9.17) is 4.74 Å². The molecule has 1 aliphatic carbocycles. The number of nitriles is 1. The Balaban J connectivity index is 2.31. The second-order valence-electron chi connectivity index (χ2n) is 5.33. The first-order chi connectivity index (χ1) is 8.61. The topological polar surface area (TPSA) is 45.9 Å². The van der Waals surface area contributed by atoms with Crippen molar-refractivity contribution in [2.75, 3.05) is 0 Å². The van der Waals surface area contributed by atoms with Gasteiger partial charge >= 0.3 is 0 Å². The Kier molecular flexibility index (Phi) is 3.86. The minimum absolute atomic E-state index is 0.0752. The van der Waals surface area contributed by atoms with Crippen LogP contribution >= 0.6 is 0 Å². The lowest BCUT2D eigenvalue weighted by Gasteiger charge is -2.21. The third-order valence-corrected chi connectivity index (χ3v) is 3.62. The SMILES string of the molecule is CC(C)C(C)Oc1nc2c(cc1C#N)CCCC2. The van der Waals surface area contributed by atoms with Crippen LogP contribution in [0.2, 0.25) is 0 Å². The Hall–Kier alpha value is -1.56. The van der Waals surface area contributed by atoms with Gasteiger partial charge in [0.1, 0.15) is 11.6 Å². The zero-order valence-corrected chi connectivity index (χ0v) is 11.4. The summed E-state index contributed by atoms with van der Waals surface area (Å²) < 4.78 is 5.83. The van der Waals surface area contributed by atoms with Crippen LogP contribution in [0.1, 0.15) is 50.4 Å². The van der Waals surface area contributed by atoms with Gasteiger partial charge < -0.3 is 4.74 Å². The molecule has 1 unspecified atom stereocenters. The fourth-order valence-electron chi connectivity index (χ4n) is 2.10. The molecule has 0 bridgehead atoms. The van der Waals surface area contributed by atoms with Gasteiger partial charge in [0.15, 0.2) is 0 Å². The van der Waals surface area contributed by atoms with E-state index in [0.29, 0.717) is 17.4 Å². The molecule has 0 radical (unpaired) electrons. The van der Waals surface area contributed by atoms with Crippen LogP contribution in [-0.2, 0) is 12.8 Å². The van der Waals surface area contributed by atoms with Gasteiger partial charge in [-0.1, -0.05) is 13.8 Å². The summed E-state index contributed by atoms with van der Waals surface area (Å²) in [6.45, 7) is 6.23. The number of pyridine rings is 1. The summed E-state index contributed by atoms with van der Waals surface area (Å²) in [5.41, 5.74) is 2.91. The molecule has 3 heteroatoms. The molecule has 1 aromatic rings. The fourth-order valence-corrected chi connectivity index (χ4v) is 2.10. The lowest BCUT2D eigenvalue weighted by molar-refractivity contribution is 0.162. The predicted molar refractivity (Wildman–Crippen MR) is 70.5 cm³/mol. The normalized spacial score (nSPS) is 15.9. The van der Waals surface area contributed by atoms with Gasteiger partial charge in [-0.3, -0.25) is 0 Å². The van der Waals surface area contributed by atoms with Gasteiger partial charge in [-0.05, 0) is 50.2 Å². The van der Waals surface area contributed by atoms with Gasteiger partial charge in [-0.2, -0.15) is 5.26 Å². The molecule has 0 amide bonds. The minimum atomic E-state index is 0.0752. The molecule has 0 N–H and O–H groups in total. The Morgan fingerprint density at radius 1 is 1.28 bits per heavy atom. The Morgan fingerprint density at radius 2 is 2.00 bits per heavy atom. The number of nitrogens with zero attached hydrogens (tertiary/aromatic N) is 2. The summed E-state index contributed by atoms with van der Waals surface area (Å²) in [5.74, 6) is 0.925. The number of aryl methyl sites for hydroxylation is 2. The van der Waals surface area contributed by atoms with Gasteiger partial charge in [0.2, 0.25) is 5.88 Å². The molecule has 18 heavy (non-hydrogen) atoms. The highest BCUT2D eigenvalue weighted by molar-refractivity contribution is 5.43. The molecule has 0 fully saturated rings. The summed E-state index contributed by atoms with van der Waals surface area (Å²) in [4.78, 5) is 4.56. The number of rotatable bonds is 3. The van der Waals surface area contributed by atoms with E-state index >= 15 is 0 Å². The van der Waals surface area contributed by atoms with Crippen molar-refractivity contribution < 1.29 is 4.74 Å². The van der Waals surface area contributed by atoms with Gasteiger partial charge in [0.25, 0.3) is 0 Å². The maximum Gasteiger partial charge on any atom is 0.232 e. The van der Waals surface area contributed by atoms with Gasteiger partial charge in [-0.15, -0.1) is 0 Å². The zero-order valence-electron chi connectivity index (χ0n) is 11.4. The quantitative estimate of drug-likeness (QED) is 0.819. The summed E-state index contributed by atoms with van der Waals surface area (Å²) in [6.07, 6.45) is 4.50. The number of hydrogen-bond donors (Lipinski definition) is 0. The van der Waals surface area contributed by atoms with Crippen LogP contribution in [0.3, 0.4) is 0 Å². The number of hydrogen-bond acceptors (Lipinski definition) is 3. The van der Waals surface area contributed by atoms with E-state index in [-0.39, 0.29) is 6.10 Å². The number of aromatic nitrogens is 1. The first-order valence-corrected chi connectivity index (χ1v) is 6.71. The van der Waals surface area contributed by atoms with Crippen molar-refractivity contribution in [3.8, 4) is 11.9 Å². The Bertz CT molecular complexity index is 474. The van der Waals surface area contributed by atoms with Crippen LogP contribution < -0.4 is 4.74 Å². The number of ether oxygens (including phenoxy) is 1. The Morgan fingerprint density at radius 3 is 2.67 bits per heavy atom. The highest BCUT2D eigenvalue weighted by Gasteiger charge is 2.18. The van der Waals surface area contributed by atoms with Crippen molar-refractivity contribution >= 4 is 0 Å². The summed E-state index contributed by atoms with van der Waals surface area (Å²) in [6, 6.07) is 4.16. The summed E-state index contributed by atoms with van der Waals surface area (Å²) in [7, 11) is 0. The molecule has 0 aliphatic heterocycles.